The minimum Gasteiger partial charge on any atom is -0.388 e. The van der Waals surface area contributed by atoms with Gasteiger partial charge in [0.1, 0.15) is 0 Å². The average Bonchev–Trinajstić information content (AvgIpc) is 2.50. The molecule has 0 aliphatic carbocycles. The number of amides is 1. The molecule has 0 aromatic heterocycles. The summed E-state index contributed by atoms with van der Waals surface area (Å²) in [5.74, 6) is 0.0000954. The summed E-state index contributed by atoms with van der Waals surface area (Å²) in [7, 11) is 0. The van der Waals surface area contributed by atoms with Gasteiger partial charge >= 0.3 is 0 Å². The molecule has 1 N–H and O–H groups in total. The Kier molecular flexibility index (Phi) is 3.75. The number of aliphatic hydroxyl groups excluding tert-OH is 1. The zero-order chi connectivity index (χ0) is 15.9. The van der Waals surface area contributed by atoms with Gasteiger partial charge in [0.15, 0.2) is 0 Å². The van der Waals surface area contributed by atoms with Crippen LogP contribution in [0.25, 0.3) is 0 Å². The molecule has 22 heavy (non-hydrogen) atoms. The third-order valence-electron chi connectivity index (χ3n) is 4.46. The Labute approximate surface area is 131 Å². The van der Waals surface area contributed by atoms with Crippen LogP contribution in [-0.4, -0.2) is 17.6 Å². The molecule has 3 nitrogen and oxygen atoms in total. The second kappa shape index (κ2) is 5.58. The largest absolute Gasteiger partial charge is 0.388 e. The van der Waals surface area contributed by atoms with Crippen molar-refractivity contribution < 1.29 is 9.90 Å². The van der Waals surface area contributed by atoms with E-state index in [0.29, 0.717) is 18.5 Å². The SMILES string of the molecule is Cc1ccc2c(c1)C(O)CCN2C(=O)c1ccc(C)c(C)c1. The quantitative estimate of drug-likeness (QED) is 0.871. The van der Waals surface area contributed by atoms with E-state index in [4.69, 9.17) is 0 Å². The Bertz CT molecular complexity index is 736. The van der Waals surface area contributed by atoms with E-state index in [1.165, 1.54) is 5.56 Å². The minimum atomic E-state index is -0.487. The maximum Gasteiger partial charge on any atom is 0.258 e. The normalized spacial score (nSPS) is 17.3. The Morgan fingerprint density at radius 1 is 1.09 bits per heavy atom. The van der Waals surface area contributed by atoms with Crippen LogP contribution in [0.2, 0.25) is 0 Å². The van der Waals surface area contributed by atoms with Crippen LogP contribution in [0.15, 0.2) is 36.4 Å². The molecule has 1 heterocycles. The van der Waals surface area contributed by atoms with Crippen LogP contribution in [0, 0.1) is 20.8 Å². The lowest BCUT2D eigenvalue weighted by atomic mass is 9.96. The van der Waals surface area contributed by atoms with Crippen LogP contribution >= 0.6 is 0 Å². The number of aliphatic hydroxyl groups is 1. The molecule has 1 atom stereocenters. The van der Waals surface area contributed by atoms with Crippen molar-refractivity contribution in [3.63, 3.8) is 0 Å². The molecule has 0 fully saturated rings. The van der Waals surface area contributed by atoms with E-state index in [1.807, 2.05) is 57.2 Å². The van der Waals surface area contributed by atoms with E-state index >= 15 is 0 Å². The summed E-state index contributed by atoms with van der Waals surface area (Å²) < 4.78 is 0. The molecule has 2 aromatic rings. The monoisotopic (exact) mass is 295 g/mol. The number of rotatable bonds is 1. The van der Waals surface area contributed by atoms with Crippen molar-refractivity contribution in [3.8, 4) is 0 Å². The number of nitrogens with zero attached hydrogens (tertiary/aromatic N) is 1. The van der Waals surface area contributed by atoms with E-state index < -0.39 is 6.10 Å². The molecule has 0 saturated heterocycles. The summed E-state index contributed by atoms with van der Waals surface area (Å²) in [5.41, 5.74) is 5.77. The Hall–Kier alpha value is -2.13. The van der Waals surface area contributed by atoms with Crippen LogP contribution in [0.4, 0.5) is 5.69 Å². The highest BCUT2D eigenvalue weighted by molar-refractivity contribution is 6.07. The number of fused-ring (bicyclic) bond motifs is 1. The minimum absolute atomic E-state index is 0.0000954. The predicted octanol–water partition coefficient (Wildman–Crippen LogP) is 3.70. The molecular formula is C19H21NO2. The Morgan fingerprint density at radius 3 is 2.59 bits per heavy atom. The average molecular weight is 295 g/mol. The van der Waals surface area contributed by atoms with Crippen LogP contribution in [-0.2, 0) is 0 Å². The second-order valence-electron chi connectivity index (χ2n) is 6.12. The molecule has 3 rings (SSSR count). The van der Waals surface area contributed by atoms with E-state index in [2.05, 4.69) is 0 Å². The molecule has 114 valence electrons. The number of aryl methyl sites for hydroxylation is 3. The number of hydrogen-bond acceptors (Lipinski definition) is 2. The van der Waals surface area contributed by atoms with Crippen molar-refractivity contribution in [1.29, 1.82) is 0 Å². The van der Waals surface area contributed by atoms with Gasteiger partial charge in [0.25, 0.3) is 5.91 Å². The summed E-state index contributed by atoms with van der Waals surface area (Å²) in [6.07, 6.45) is 0.0891. The highest BCUT2D eigenvalue weighted by Gasteiger charge is 2.28. The molecule has 1 unspecified atom stereocenters. The van der Waals surface area contributed by atoms with Crippen molar-refractivity contribution in [2.24, 2.45) is 0 Å². The van der Waals surface area contributed by atoms with Gasteiger partial charge in [0.05, 0.1) is 6.10 Å². The topological polar surface area (TPSA) is 40.5 Å². The summed E-state index contributed by atoms with van der Waals surface area (Å²) in [4.78, 5) is 14.6. The molecule has 0 bridgehead atoms. The summed E-state index contributed by atoms with van der Waals surface area (Å²) in [6, 6.07) is 11.7. The van der Waals surface area contributed by atoms with Gasteiger partial charge in [-0.1, -0.05) is 23.8 Å². The molecule has 0 radical (unpaired) electrons. The van der Waals surface area contributed by atoms with Crippen LogP contribution in [0.5, 0.6) is 0 Å². The van der Waals surface area contributed by atoms with Crippen LogP contribution < -0.4 is 4.90 Å². The van der Waals surface area contributed by atoms with Crippen molar-refractivity contribution >= 4 is 11.6 Å². The van der Waals surface area contributed by atoms with E-state index in [0.717, 1.165) is 22.4 Å². The molecular weight excluding hydrogens is 274 g/mol. The fraction of sp³-hybridized carbons (Fsp3) is 0.316. The number of anilines is 1. The Balaban J connectivity index is 2.00. The van der Waals surface area contributed by atoms with Crippen LogP contribution in [0.1, 0.15) is 45.1 Å². The van der Waals surface area contributed by atoms with Crippen molar-refractivity contribution in [2.45, 2.75) is 33.3 Å². The van der Waals surface area contributed by atoms with Crippen molar-refractivity contribution in [1.82, 2.24) is 0 Å². The number of carbonyl (C=O) groups is 1. The molecule has 3 heteroatoms. The highest BCUT2D eigenvalue weighted by Crippen LogP contribution is 2.35. The first-order valence-corrected chi connectivity index (χ1v) is 7.65. The number of benzene rings is 2. The zero-order valence-electron chi connectivity index (χ0n) is 13.3. The van der Waals surface area contributed by atoms with Gasteiger partial charge in [-0.3, -0.25) is 4.79 Å². The Morgan fingerprint density at radius 2 is 1.86 bits per heavy atom. The lowest BCUT2D eigenvalue weighted by molar-refractivity contribution is 0.0970. The molecule has 2 aromatic carbocycles. The highest BCUT2D eigenvalue weighted by atomic mass is 16.3. The van der Waals surface area contributed by atoms with E-state index in [1.54, 1.807) is 4.90 Å². The number of hydrogen-bond donors (Lipinski definition) is 1. The standard InChI is InChI=1S/C19H21NO2/c1-12-4-7-17-16(10-12)18(21)8-9-20(17)19(22)15-6-5-13(2)14(3)11-15/h4-7,10-11,18,21H,8-9H2,1-3H3. The first kappa shape index (κ1) is 14.8. The van der Waals surface area contributed by atoms with E-state index in [9.17, 15) is 9.90 Å². The fourth-order valence-electron chi connectivity index (χ4n) is 2.96. The maximum atomic E-state index is 12.9. The molecule has 1 aliphatic rings. The van der Waals surface area contributed by atoms with Crippen molar-refractivity contribution in [3.05, 3.63) is 64.2 Å². The van der Waals surface area contributed by atoms with Gasteiger partial charge in [-0.25, -0.2) is 0 Å². The first-order valence-electron chi connectivity index (χ1n) is 7.65. The van der Waals surface area contributed by atoms with Gasteiger partial charge in [-0.05, 0) is 56.5 Å². The lowest BCUT2D eigenvalue weighted by Gasteiger charge is -2.32. The third-order valence-corrected chi connectivity index (χ3v) is 4.46. The summed E-state index contributed by atoms with van der Waals surface area (Å²) in [5, 5.41) is 10.2. The smallest absolute Gasteiger partial charge is 0.258 e. The van der Waals surface area contributed by atoms with Gasteiger partial charge in [-0.15, -0.1) is 0 Å². The number of carbonyl (C=O) groups excluding carboxylic acids is 1. The van der Waals surface area contributed by atoms with Crippen LogP contribution in [0.3, 0.4) is 0 Å². The van der Waals surface area contributed by atoms with Gasteiger partial charge in [0, 0.05) is 23.4 Å². The molecule has 0 saturated carbocycles. The summed E-state index contributed by atoms with van der Waals surface area (Å²) >= 11 is 0. The van der Waals surface area contributed by atoms with Gasteiger partial charge in [-0.2, -0.15) is 0 Å². The molecule has 1 amide bonds. The summed E-state index contributed by atoms with van der Waals surface area (Å²) in [6.45, 7) is 6.60. The zero-order valence-corrected chi connectivity index (χ0v) is 13.3. The predicted molar refractivity (Wildman–Crippen MR) is 88.3 cm³/mol. The fourth-order valence-corrected chi connectivity index (χ4v) is 2.96. The third kappa shape index (κ3) is 2.53. The van der Waals surface area contributed by atoms with Crippen molar-refractivity contribution in [2.75, 3.05) is 11.4 Å². The molecule has 1 aliphatic heterocycles. The van der Waals surface area contributed by atoms with Gasteiger partial charge in [0.2, 0.25) is 0 Å². The first-order chi connectivity index (χ1) is 10.5. The second-order valence-corrected chi connectivity index (χ2v) is 6.12. The van der Waals surface area contributed by atoms with Gasteiger partial charge < -0.3 is 10.0 Å². The van der Waals surface area contributed by atoms with E-state index in [-0.39, 0.29) is 5.91 Å². The lowest BCUT2D eigenvalue weighted by Crippen LogP contribution is -2.36. The molecule has 0 spiro atoms. The maximum absolute atomic E-state index is 12.9.